The number of hydrogen-bond acceptors (Lipinski definition) is 1. The highest BCUT2D eigenvalue weighted by molar-refractivity contribution is 5.76. The largest absolute Gasteiger partial charge is 0.369 e. The van der Waals surface area contributed by atoms with Crippen LogP contribution in [0.15, 0.2) is 12.2 Å². The number of rotatable bonds is 6. The van der Waals surface area contributed by atoms with Gasteiger partial charge < -0.3 is 5.73 Å². The zero-order valence-electron chi connectivity index (χ0n) is 8.05. The molecule has 0 heterocycles. The van der Waals surface area contributed by atoms with Crippen molar-refractivity contribution in [3.63, 3.8) is 0 Å². The second-order valence-corrected chi connectivity index (χ2v) is 3.11. The highest BCUT2D eigenvalue weighted by Gasteiger charge is 2.06. The van der Waals surface area contributed by atoms with Crippen molar-refractivity contribution >= 4 is 5.91 Å². The molecule has 0 aliphatic rings. The summed E-state index contributed by atoms with van der Waals surface area (Å²) in [6.07, 6.45) is 8.42. The lowest BCUT2D eigenvalue weighted by Crippen LogP contribution is -2.20. The first-order valence-electron chi connectivity index (χ1n) is 4.62. The van der Waals surface area contributed by atoms with Crippen LogP contribution in [0.2, 0.25) is 0 Å². The minimum atomic E-state index is -0.186. The summed E-state index contributed by atoms with van der Waals surface area (Å²) in [5.41, 5.74) is 5.12. The standard InChI is InChI=1S/C10H19NO/c1-3-4-5-6-7-8-9(2)10(11)12/h4-5,9H,3,6-8H2,1-2H3,(H2,11,12)/b5-4+. The third kappa shape index (κ3) is 5.96. The monoisotopic (exact) mass is 169 g/mol. The van der Waals surface area contributed by atoms with Crippen molar-refractivity contribution in [2.45, 2.75) is 39.5 Å². The predicted octanol–water partition coefficient (Wildman–Crippen LogP) is 2.24. The van der Waals surface area contributed by atoms with Crippen LogP contribution in [0.1, 0.15) is 39.5 Å². The van der Waals surface area contributed by atoms with E-state index in [1.165, 1.54) is 0 Å². The fourth-order valence-electron chi connectivity index (χ4n) is 0.969. The molecule has 12 heavy (non-hydrogen) atoms. The third-order valence-corrected chi connectivity index (χ3v) is 1.90. The number of carbonyl (C=O) groups excluding carboxylic acids is 1. The molecular weight excluding hydrogens is 150 g/mol. The number of allylic oxidation sites excluding steroid dienone is 2. The Balaban J connectivity index is 3.31. The van der Waals surface area contributed by atoms with Crippen LogP contribution < -0.4 is 5.73 Å². The van der Waals surface area contributed by atoms with Gasteiger partial charge >= 0.3 is 0 Å². The van der Waals surface area contributed by atoms with Crippen molar-refractivity contribution in [2.75, 3.05) is 0 Å². The molecule has 0 aliphatic carbocycles. The highest BCUT2D eigenvalue weighted by atomic mass is 16.1. The predicted molar refractivity (Wildman–Crippen MR) is 51.6 cm³/mol. The van der Waals surface area contributed by atoms with Crippen LogP contribution in [-0.2, 0) is 4.79 Å². The summed E-state index contributed by atoms with van der Waals surface area (Å²) < 4.78 is 0. The summed E-state index contributed by atoms with van der Waals surface area (Å²) in [5, 5.41) is 0. The molecule has 70 valence electrons. The molecule has 0 aromatic carbocycles. The quantitative estimate of drug-likeness (QED) is 0.481. The van der Waals surface area contributed by atoms with Crippen molar-refractivity contribution in [1.29, 1.82) is 0 Å². The van der Waals surface area contributed by atoms with Gasteiger partial charge in [-0.2, -0.15) is 0 Å². The van der Waals surface area contributed by atoms with Crippen LogP contribution in [-0.4, -0.2) is 5.91 Å². The van der Waals surface area contributed by atoms with E-state index < -0.39 is 0 Å². The molecule has 1 atom stereocenters. The van der Waals surface area contributed by atoms with E-state index in [0.717, 1.165) is 25.7 Å². The summed E-state index contributed by atoms with van der Waals surface area (Å²) in [4.78, 5) is 10.6. The van der Waals surface area contributed by atoms with Gasteiger partial charge in [0, 0.05) is 5.92 Å². The fourth-order valence-corrected chi connectivity index (χ4v) is 0.969. The van der Waals surface area contributed by atoms with Crippen molar-refractivity contribution in [2.24, 2.45) is 11.7 Å². The molecule has 0 spiro atoms. The Morgan fingerprint density at radius 1 is 1.50 bits per heavy atom. The second-order valence-electron chi connectivity index (χ2n) is 3.11. The van der Waals surface area contributed by atoms with Crippen LogP contribution in [0, 0.1) is 5.92 Å². The lowest BCUT2D eigenvalue weighted by Gasteiger charge is -2.03. The van der Waals surface area contributed by atoms with Crippen molar-refractivity contribution < 1.29 is 4.79 Å². The van der Waals surface area contributed by atoms with Crippen molar-refractivity contribution in [1.82, 2.24) is 0 Å². The number of unbranched alkanes of at least 4 members (excludes halogenated alkanes) is 1. The third-order valence-electron chi connectivity index (χ3n) is 1.90. The first-order chi connectivity index (χ1) is 5.68. The Labute approximate surface area is 74.8 Å². The average molecular weight is 169 g/mol. The number of amides is 1. The summed E-state index contributed by atoms with van der Waals surface area (Å²) in [6.45, 7) is 3.99. The molecular formula is C10H19NO. The molecule has 0 aliphatic heterocycles. The Kier molecular flexibility index (Phi) is 6.44. The lowest BCUT2D eigenvalue weighted by molar-refractivity contribution is -0.121. The topological polar surface area (TPSA) is 43.1 Å². The zero-order chi connectivity index (χ0) is 9.40. The molecule has 2 N–H and O–H groups in total. The second kappa shape index (κ2) is 6.89. The smallest absolute Gasteiger partial charge is 0.220 e. The SMILES string of the molecule is CC/C=C/CCCC(C)C(N)=O. The first kappa shape index (κ1) is 11.2. The minimum Gasteiger partial charge on any atom is -0.369 e. The molecule has 2 heteroatoms. The van der Waals surface area contributed by atoms with Crippen LogP contribution in [0.5, 0.6) is 0 Å². The summed E-state index contributed by atoms with van der Waals surface area (Å²) in [6, 6.07) is 0. The maximum atomic E-state index is 10.6. The van der Waals surface area contributed by atoms with Crippen molar-refractivity contribution in [3.05, 3.63) is 12.2 Å². The molecule has 0 saturated heterocycles. The van der Waals surface area contributed by atoms with Gasteiger partial charge in [0.05, 0.1) is 0 Å². The van der Waals surface area contributed by atoms with E-state index >= 15 is 0 Å². The molecule has 0 rings (SSSR count). The summed E-state index contributed by atoms with van der Waals surface area (Å²) in [7, 11) is 0. The van der Waals surface area contributed by atoms with Gasteiger partial charge in [-0.05, 0) is 25.7 Å². The molecule has 2 nitrogen and oxygen atoms in total. The number of primary amides is 1. The van der Waals surface area contributed by atoms with E-state index in [4.69, 9.17) is 5.73 Å². The van der Waals surface area contributed by atoms with E-state index in [-0.39, 0.29) is 11.8 Å². The normalized spacial score (nSPS) is 13.5. The summed E-state index contributed by atoms with van der Waals surface area (Å²) >= 11 is 0. The van der Waals surface area contributed by atoms with Gasteiger partial charge in [0.2, 0.25) is 5.91 Å². The van der Waals surface area contributed by atoms with Gasteiger partial charge in [-0.1, -0.05) is 26.0 Å². The van der Waals surface area contributed by atoms with Gasteiger partial charge in [0.15, 0.2) is 0 Å². The molecule has 0 saturated carbocycles. The van der Waals surface area contributed by atoms with E-state index in [1.54, 1.807) is 0 Å². The maximum Gasteiger partial charge on any atom is 0.220 e. The Hall–Kier alpha value is -0.790. The molecule has 1 amide bonds. The number of hydrogen-bond donors (Lipinski definition) is 1. The van der Waals surface area contributed by atoms with Gasteiger partial charge in [0.1, 0.15) is 0 Å². The fraction of sp³-hybridized carbons (Fsp3) is 0.700. The first-order valence-corrected chi connectivity index (χ1v) is 4.62. The number of carbonyl (C=O) groups is 1. The van der Waals surface area contributed by atoms with E-state index in [1.807, 2.05) is 6.92 Å². The maximum absolute atomic E-state index is 10.6. The average Bonchev–Trinajstić information content (AvgIpc) is 2.03. The number of nitrogens with two attached hydrogens (primary N) is 1. The highest BCUT2D eigenvalue weighted by Crippen LogP contribution is 2.07. The van der Waals surface area contributed by atoms with Crippen LogP contribution in [0.3, 0.4) is 0 Å². The van der Waals surface area contributed by atoms with Gasteiger partial charge in [-0.25, -0.2) is 0 Å². The Bertz CT molecular complexity index is 152. The van der Waals surface area contributed by atoms with Gasteiger partial charge in [-0.3, -0.25) is 4.79 Å². The minimum absolute atomic E-state index is 0.0278. The molecule has 0 bridgehead atoms. The van der Waals surface area contributed by atoms with Gasteiger partial charge in [0.25, 0.3) is 0 Å². The zero-order valence-corrected chi connectivity index (χ0v) is 8.05. The Morgan fingerprint density at radius 3 is 2.67 bits per heavy atom. The molecule has 1 unspecified atom stereocenters. The van der Waals surface area contributed by atoms with Crippen LogP contribution in [0.25, 0.3) is 0 Å². The van der Waals surface area contributed by atoms with Gasteiger partial charge in [-0.15, -0.1) is 0 Å². The van der Waals surface area contributed by atoms with E-state index in [0.29, 0.717) is 0 Å². The van der Waals surface area contributed by atoms with Crippen LogP contribution in [0.4, 0.5) is 0 Å². The van der Waals surface area contributed by atoms with E-state index in [9.17, 15) is 4.79 Å². The van der Waals surface area contributed by atoms with Crippen molar-refractivity contribution in [3.8, 4) is 0 Å². The molecule has 0 radical (unpaired) electrons. The Morgan fingerprint density at radius 2 is 2.17 bits per heavy atom. The van der Waals surface area contributed by atoms with Crippen LogP contribution >= 0.6 is 0 Å². The summed E-state index contributed by atoms with van der Waals surface area (Å²) in [5.74, 6) is -0.158. The molecule has 0 aromatic heterocycles. The van der Waals surface area contributed by atoms with E-state index in [2.05, 4.69) is 19.1 Å². The lowest BCUT2D eigenvalue weighted by atomic mass is 10.0. The molecule has 0 aromatic rings. The molecule has 0 fully saturated rings.